The van der Waals surface area contributed by atoms with Crippen LogP contribution < -0.4 is 10.1 Å². The Bertz CT molecular complexity index is 1060. The van der Waals surface area contributed by atoms with Crippen LogP contribution in [-0.4, -0.2) is 27.6 Å². The first kappa shape index (κ1) is 15.4. The van der Waals surface area contributed by atoms with Crippen molar-refractivity contribution in [2.24, 2.45) is 0 Å². The number of nitrogens with zero attached hydrogens (tertiary/aromatic N) is 3. The van der Waals surface area contributed by atoms with Gasteiger partial charge in [0.1, 0.15) is 11.5 Å². The number of nitrogens with one attached hydrogen (secondary N) is 1. The molecule has 0 radical (unpaired) electrons. The molecule has 3 aromatic heterocycles. The molecule has 4 aromatic rings. The molecule has 1 amide bonds. The maximum Gasteiger partial charge on any atom is 0.293 e. The molecule has 0 saturated carbocycles. The van der Waals surface area contributed by atoms with Gasteiger partial charge in [0.2, 0.25) is 4.96 Å². The number of ether oxygens (including phenoxy) is 1. The van der Waals surface area contributed by atoms with Gasteiger partial charge in [-0.3, -0.25) is 10.1 Å². The van der Waals surface area contributed by atoms with Gasteiger partial charge in [-0.2, -0.15) is 4.98 Å². The first-order valence-corrected chi connectivity index (χ1v) is 8.38. The second-order valence-corrected chi connectivity index (χ2v) is 6.18. The Hall–Kier alpha value is -3.13. The Kier molecular flexibility index (Phi) is 3.73. The van der Waals surface area contributed by atoms with Gasteiger partial charge in [0.25, 0.3) is 11.9 Å². The highest BCUT2D eigenvalue weighted by Gasteiger charge is 2.16. The van der Waals surface area contributed by atoms with Gasteiger partial charge >= 0.3 is 0 Å². The molecular formula is C17H14N4O3S. The highest BCUT2D eigenvalue weighted by atomic mass is 32.1. The molecule has 126 valence electrons. The number of hydrogen-bond donors (Lipinski definition) is 1. The summed E-state index contributed by atoms with van der Waals surface area (Å²) in [5.41, 5.74) is 1.83. The molecule has 8 heteroatoms. The predicted octanol–water partition coefficient (Wildman–Crippen LogP) is 3.62. The molecule has 0 atom stereocenters. The van der Waals surface area contributed by atoms with Gasteiger partial charge in [-0.05, 0) is 31.2 Å². The van der Waals surface area contributed by atoms with Gasteiger partial charge in [0.05, 0.1) is 12.8 Å². The molecule has 0 saturated heterocycles. The number of hydrogen-bond acceptors (Lipinski definition) is 6. The van der Waals surface area contributed by atoms with E-state index in [2.05, 4.69) is 15.4 Å². The van der Waals surface area contributed by atoms with E-state index in [1.54, 1.807) is 30.7 Å². The second kappa shape index (κ2) is 6.06. The maximum atomic E-state index is 12.2. The van der Waals surface area contributed by atoms with E-state index in [9.17, 15) is 4.79 Å². The van der Waals surface area contributed by atoms with E-state index < -0.39 is 0 Å². The standard InChI is InChI=1S/C17H14N4O3S/c1-10-6-7-14(24-10)15(22)18-16-19-17-21(20-16)13(9-25-17)11-4-3-5-12(8-11)23-2/h3-9H,1-2H3,(H,18,20,22). The van der Waals surface area contributed by atoms with E-state index in [1.807, 2.05) is 29.6 Å². The van der Waals surface area contributed by atoms with E-state index in [1.165, 1.54) is 11.3 Å². The van der Waals surface area contributed by atoms with Crippen molar-refractivity contribution in [2.45, 2.75) is 6.92 Å². The zero-order chi connectivity index (χ0) is 17.4. The normalized spacial score (nSPS) is 11.0. The SMILES string of the molecule is COc1cccc(-c2csc3nc(NC(=O)c4ccc(C)o4)nn23)c1. The Morgan fingerprint density at radius 3 is 2.96 bits per heavy atom. The number of amides is 1. The molecule has 7 nitrogen and oxygen atoms in total. The summed E-state index contributed by atoms with van der Waals surface area (Å²) in [5.74, 6) is 1.51. The molecule has 0 bridgehead atoms. The Balaban J connectivity index is 1.65. The molecule has 1 N–H and O–H groups in total. The van der Waals surface area contributed by atoms with Gasteiger partial charge < -0.3 is 9.15 Å². The van der Waals surface area contributed by atoms with Crippen LogP contribution in [0.1, 0.15) is 16.3 Å². The van der Waals surface area contributed by atoms with Crippen molar-refractivity contribution in [3.05, 3.63) is 53.3 Å². The first-order valence-electron chi connectivity index (χ1n) is 7.50. The zero-order valence-electron chi connectivity index (χ0n) is 13.5. The number of anilines is 1. The van der Waals surface area contributed by atoms with Crippen LogP contribution in [0.2, 0.25) is 0 Å². The summed E-state index contributed by atoms with van der Waals surface area (Å²) in [6.45, 7) is 1.78. The largest absolute Gasteiger partial charge is 0.497 e. The molecule has 0 spiro atoms. The van der Waals surface area contributed by atoms with E-state index in [0.29, 0.717) is 10.7 Å². The molecule has 0 aliphatic rings. The zero-order valence-corrected chi connectivity index (χ0v) is 14.3. The summed E-state index contributed by atoms with van der Waals surface area (Å²) in [4.78, 5) is 17.2. The van der Waals surface area contributed by atoms with E-state index in [-0.39, 0.29) is 17.6 Å². The highest BCUT2D eigenvalue weighted by Crippen LogP contribution is 2.28. The van der Waals surface area contributed by atoms with Gasteiger partial charge in [-0.1, -0.05) is 12.1 Å². The number of methoxy groups -OCH3 is 1. The quantitative estimate of drug-likeness (QED) is 0.605. The summed E-state index contributed by atoms with van der Waals surface area (Å²) in [7, 11) is 1.63. The third kappa shape index (κ3) is 2.87. The number of furan rings is 1. The monoisotopic (exact) mass is 354 g/mol. The molecular weight excluding hydrogens is 340 g/mol. The van der Waals surface area contributed by atoms with E-state index >= 15 is 0 Å². The molecule has 1 aromatic carbocycles. The topological polar surface area (TPSA) is 81.7 Å². The molecule has 4 rings (SSSR count). The maximum absolute atomic E-state index is 12.2. The molecule has 3 heterocycles. The number of rotatable bonds is 4. The third-order valence-corrected chi connectivity index (χ3v) is 4.45. The highest BCUT2D eigenvalue weighted by molar-refractivity contribution is 7.15. The lowest BCUT2D eigenvalue weighted by atomic mass is 10.2. The Morgan fingerprint density at radius 2 is 2.20 bits per heavy atom. The van der Waals surface area contributed by atoms with E-state index in [0.717, 1.165) is 17.0 Å². The van der Waals surface area contributed by atoms with Crippen LogP contribution in [0.25, 0.3) is 16.2 Å². The fraction of sp³-hybridized carbons (Fsp3) is 0.118. The minimum atomic E-state index is -0.380. The minimum absolute atomic E-state index is 0.226. The van der Waals surface area contributed by atoms with Crippen molar-refractivity contribution in [3.63, 3.8) is 0 Å². The number of carbonyl (C=O) groups excluding carboxylic acids is 1. The molecule has 0 aliphatic carbocycles. The summed E-state index contributed by atoms with van der Waals surface area (Å²) < 4.78 is 12.3. The summed E-state index contributed by atoms with van der Waals surface area (Å²) in [6.07, 6.45) is 0. The van der Waals surface area contributed by atoms with Crippen molar-refractivity contribution in [1.82, 2.24) is 14.6 Å². The lowest BCUT2D eigenvalue weighted by Gasteiger charge is -2.02. The smallest absolute Gasteiger partial charge is 0.293 e. The molecule has 0 aliphatic heterocycles. The van der Waals surface area contributed by atoms with Gasteiger partial charge in [-0.15, -0.1) is 16.4 Å². The van der Waals surface area contributed by atoms with Crippen molar-refractivity contribution >= 4 is 28.2 Å². The van der Waals surface area contributed by atoms with Crippen molar-refractivity contribution in [3.8, 4) is 17.0 Å². The Labute approximate surface area is 146 Å². The van der Waals surface area contributed by atoms with Crippen molar-refractivity contribution in [2.75, 3.05) is 12.4 Å². The van der Waals surface area contributed by atoms with Gasteiger partial charge in [0.15, 0.2) is 5.76 Å². The number of fused-ring (bicyclic) bond motifs is 1. The average molecular weight is 354 g/mol. The summed E-state index contributed by atoms with van der Waals surface area (Å²) >= 11 is 1.44. The number of benzene rings is 1. The van der Waals surface area contributed by atoms with Crippen LogP contribution in [0.15, 0.2) is 46.2 Å². The van der Waals surface area contributed by atoms with Crippen LogP contribution in [-0.2, 0) is 0 Å². The molecule has 0 unspecified atom stereocenters. The van der Waals surface area contributed by atoms with Gasteiger partial charge in [0, 0.05) is 10.9 Å². The Morgan fingerprint density at radius 1 is 1.32 bits per heavy atom. The number of aryl methyl sites for hydroxylation is 1. The van der Waals surface area contributed by atoms with Crippen molar-refractivity contribution in [1.29, 1.82) is 0 Å². The molecule has 0 fully saturated rings. The van der Waals surface area contributed by atoms with Crippen LogP contribution in [0, 0.1) is 6.92 Å². The minimum Gasteiger partial charge on any atom is -0.497 e. The third-order valence-electron chi connectivity index (χ3n) is 3.64. The van der Waals surface area contributed by atoms with Crippen molar-refractivity contribution < 1.29 is 13.9 Å². The first-order chi connectivity index (χ1) is 12.1. The van der Waals surface area contributed by atoms with Crippen LogP contribution in [0.3, 0.4) is 0 Å². The number of thiazole rings is 1. The number of carbonyl (C=O) groups is 1. The van der Waals surface area contributed by atoms with Crippen LogP contribution >= 0.6 is 11.3 Å². The van der Waals surface area contributed by atoms with E-state index in [4.69, 9.17) is 9.15 Å². The fourth-order valence-corrected chi connectivity index (χ4v) is 3.27. The van der Waals surface area contributed by atoms with Crippen LogP contribution in [0.5, 0.6) is 5.75 Å². The number of aromatic nitrogens is 3. The molecule has 25 heavy (non-hydrogen) atoms. The lowest BCUT2D eigenvalue weighted by molar-refractivity contribution is 0.0994. The van der Waals surface area contributed by atoms with Crippen LogP contribution in [0.4, 0.5) is 5.95 Å². The second-order valence-electron chi connectivity index (χ2n) is 5.35. The summed E-state index contributed by atoms with van der Waals surface area (Å²) in [6, 6.07) is 11.0. The summed E-state index contributed by atoms with van der Waals surface area (Å²) in [5, 5.41) is 9.00. The fourth-order valence-electron chi connectivity index (χ4n) is 2.43. The average Bonchev–Trinajstić information content (AvgIpc) is 3.30. The predicted molar refractivity (Wildman–Crippen MR) is 94.3 cm³/mol. The lowest BCUT2D eigenvalue weighted by Crippen LogP contribution is -2.12. The van der Waals surface area contributed by atoms with Gasteiger partial charge in [-0.25, -0.2) is 4.52 Å².